The molecule has 132 valence electrons. The van der Waals surface area contributed by atoms with E-state index in [2.05, 4.69) is 4.74 Å². The van der Waals surface area contributed by atoms with Crippen molar-refractivity contribution in [2.75, 3.05) is 33.3 Å². The Bertz CT molecular complexity index is 614. The molecule has 1 aromatic heterocycles. The molecule has 0 N–H and O–H groups in total. The predicted molar refractivity (Wildman–Crippen MR) is 86.5 cm³/mol. The van der Waals surface area contributed by atoms with Gasteiger partial charge in [0.25, 0.3) is 5.91 Å². The van der Waals surface area contributed by atoms with E-state index in [0.29, 0.717) is 50.3 Å². The van der Waals surface area contributed by atoms with Crippen molar-refractivity contribution in [1.82, 2.24) is 9.80 Å². The Hall–Kier alpha value is -2.31. The monoisotopic (exact) mass is 336 g/mol. The van der Waals surface area contributed by atoms with Gasteiger partial charge >= 0.3 is 5.97 Å². The number of furan rings is 1. The number of carbonyl (C=O) groups is 3. The van der Waals surface area contributed by atoms with E-state index in [0.717, 1.165) is 5.76 Å². The molecule has 0 aliphatic carbocycles. The fourth-order valence-corrected chi connectivity index (χ4v) is 2.82. The van der Waals surface area contributed by atoms with Crippen molar-refractivity contribution in [1.29, 1.82) is 0 Å². The molecule has 0 bridgehead atoms. The highest BCUT2D eigenvalue weighted by Gasteiger charge is 2.26. The molecule has 0 aromatic carbocycles. The number of nitrogens with zero attached hydrogens (tertiary/aromatic N) is 2. The van der Waals surface area contributed by atoms with Gasteiger partial charge in [0.05, 0.1) is 12.7 Å². The molecular weight excluding hydrogens is 312 g/mol. The second kappa shape index (κ2) is 7.99. The molecule has 1 fully saturated rings. The van der Waals surface area contributed by atoms with Crippen molar-refractivity contribution >= 4 is 17.8 Å². The molecule has 0 atom stereocenters. The van der Waals surface area contributed by atoms with Crippen molar-refractivity contribution in [2.45, 2.75) is 33.1 Å². The van der Waals surface area contributed by atoms with Crippen LogP contribution in [0.4, 0.5) is 0 Å². The Balaban J connectivity index is 1.80. The zero-order valence-corrected chi connectivity index (χ0v) is 14.5. The Labute approximate surface area is 141 Å². The van der Waals surface area contributed by atoms with Gasteiger partial charge in [0.15, 0.2) is 0 Å². The molecule has 0 unspecified atom stereocenters. The predicted octanol–water partition coefficient (Wildman–Crippen LogP) is 1.52. The van der Waals surface area contributed by atoms with Crippen molar-refractivity contribution < 1.29 is 23.5 Å². The lowest BCUT2D eigenvalue weighted by Gasteiger charge is -2.34. The number of ether oxygens (including phenoxy) is 1. The van der Waals surface area contributed by atoms with Crippen LogP contribution in [0, 0.1) is 13.8 Å². The molecule has 7 heteroatoms. The second-order valence-corrected chi connectivity index (χ2v) is 5.93. The van der Waals surface area contributed by atoms with E-state index in [4.69, 9.17) is 4.42 Å². The van der Waals surface area contributed by atoms with E-state index in [1.807, 2.05) is 6.92 Å². The third-order valence-electron chi connectivity index (χ3n) is 4.19. The number of rotatable bonds is 5. The molecule has 2 rings (SSSR count). The van der Waals surface area contributed by atoms with Gasteiger partial charge in [-0.05, 0) is 26.3 Å². The van der Waals surface area contributed by atoms with E-state index in [9.17, 15) is 14.4 Å². The van der Waals surface area contributed by atoms with Gasteiger partial charge in [-0.2, -0.15) is 0 Å². The quantitative estimate of drug-likeness (QED) is 0.762. The largest absolute Gasteiger partial charge is 0.469 e. The van der Waals surface area contributed by atoms with Gasteiger partial charge in [0, 0.05) is 39.0 Å². The maximum absolute atomic E-state index is 12.5. The van der Waals surface area contributed by atoms with Crippen LogP contribution in [0.25, 0.3) is 0 Å². The van der Waals surface area contributed by atoms with Crippen LogP contribution >= 0.6 is 0 Å². The summed E-state index contributed by atoms with van der Waals surface area (Å²) in [7, 11) is 1.34. The average molecular weight is 336 g/mol. The Kier molecular flexibility index (Phi) is 6.00. The molecule has 0 saturated carbocycles. The number of carbonyl (C=O) groups excluding carboxylic acids is 3. The maximum Gasteiger partial charge on any atom is 0.305 e. The second-order valence-electron chi connectivity index (χ2n) is 5.93. The standard InChI is InChI=1S/C17H24N2O5/c1-12-11-14(13(2)24-12)17(22)19-9-7-18(8-10-19)15(20)5-4-6-16(21)23-3/h11H,4-10H2,1-3H3. The summed E-state index contributed by atoms with van der Waals surface area (Å²) in [6.07, 6.45) is 1.06. The summed E-state index contributed by atoms with van der Waals surface area (Å²) >= 11 is 0. The van der Waals surface area contributed by atoms with Crippen LogP contribution < -0.4 is 0 Å². The first kappa shape index (κ1) is 18.0. The summed E-state index contributed by atoms with van der Waals surface area (Å²) in [5.74, 6) is 1.00. The minimum atomic E-state index is -0.302. The van der Waals surface area contributed by atoms with Gasteiger partial charge in [-0.15, -0.1) is 0 Å². The third-order valence-corrected chi connectivity index (χ3v) is 4.19. The minimum absolute atomic E-state index is 0.0151. The van der Waals surface area contributed by atoms with Crippen LogP contribution in [0.3, 0.4) is 0 Å². The average Bonchev–Trinajstić information content (AvgIpc) is 2.92. The summed E-state index contributed by atoms with van der Waals surface area (Å²) in [5.41, 5.74) is 0.588. The maximum atomic E-state index is 12.5. The number of aryl methyl sites for hydroxylation is 2. The molecule has 2 heterocycles. The van der Waals surface area contributed by atoms with Crippen LogP contribution in [0.5, 0.6) is 0 Å². The lowest BCUT2D eigenvalue weighted by atomic mass is 10.1. The highest BCUT2D eigenvalue weighted by molar-refractivity contribution is 5.95. The SMILES string of the molecule is COC(=O)CCCC(=O)N1CCN(C(=O)c2cc(C)oc2C)CC1. The lowest BCUT2D eigenvalue weighted by molar-refractivity contribution is -0.141. The first-order valence-corrected chi connectivity index (χ1v) is 8.13. The normalized spacial score (nSPS) is 14.6. The summed E-state index contributed by atoms with van der Waals surface area (Å²) in [6, 6.07) is 1.75. The third kappa shape index (κ3) is 4.37. The van der Waals surface area contributed by atoms with Crippen molar-refractivity contribution in [3.05, 3.63) is 23.2 Å². The molecule has 1 aromatic rings. The molecule has 0 spiro atoms. The summed E-state index contributed by atoms with van der Waals surface area (Å²) in [4.78, 5) is 39.2. The number of amides is 2. The summed E-state index contributed by atoms with van der Waals surface area (Å²) in [5, 5.41) is 0. The van der Waals surface area contributed by atoms with Crippen LogP contribution in [0.15, 0.2) is 10.5 Å². The summed E-state index contributed by atoms with van der Waals surface area (Å²) in [6.45, 7) is 5.63. The molecule has 2 amide bonds. The van der Waals surface area contributed by atoms with E-state index in [1.165, 1.54) is 7.11 Å². The molecule has 7 nitrogen and oxygen atoms in total. The molecule has 1 aliphatic rings. The first-order valence-electron chi connectivity index (χ1n) is 8.13. The highest BCUT2D eigenvalue weighted by atomic mass is 16.5. The van der Waals surface area contributed by atoms with E-state index in [-0.39, 0.29) is 24.2 Å². The van der Waals surface area contributed by atoms with E-state index >= 15 is 0 Å². The van der Waals surface area contributed by atoms with Crippen molar-refractivity contribution in [3.8, 4) is 0 Å². The molecular formula is C17H24N2O5. The van der Waals surface area contributed by atoms with Crippen LogP contribution in [0.1, 0.15) is 41.1 Å². The molecule has 0 radical (unpaired) electrons. The van der Waals surface area contributed by atoms with Gasteiger partial charge in [-0.3, -0.25) is 14.4 Å². The van der Waals surface area contributed by atoms with Crippen LogP contribution in [-0.4, -0.2) is 60.9 Å². The Morgan fingerprint density at radius 3 is 2.25 bits per heavy atom. The van der Waals surface area contributed by atoms with Crippen molar-refractivity contribution in [2.24, 2.45) is 0 Å². The fourth-order valence-electron chi connectivity index (χ4n) is 2.82. The molecule has 24 heavy (non-hydrogen) atoms. The fraction of sp³-hybridized carbons (Fsp3) is 0.588. The van der Waals surface area contributed by atoms with Crippen LogP contribution in [0.2, 0.25) is 0 Å². The number of methoxy groups -OCH3 is 1. The minimum Gasteiger partial charge on any atom is -0.469 e. The van der Waals surface area contributed by atoms with Gasteiger partial charge in [-0.1, -0.05) is 0 Å². The number of hydrogen-bond acceptors (Lipinski definition) is 5. The number of esters is 1. The van der Waals surface area contributed by atoms with Gasteiger partial charge in [0.1, 0.15) is 11.5 Å². The highest BCUT2D eigenvalue weighted by Crippen LogP contribution is 2.17. The topological polar surface area (TPSA) is 80.1 Å². The molecule has 1 aliphatic heterocycles. The smallest absolute Gasteiger partial charge is 0.305 e. The van der Waals surface area contributed by atoms with Gasteiger partial charge in [-0.25, -0.2) is 0 Å². The first-order chi connectivity index (χ1) is 11.4. The Morgan fingerprint density at radius 2 is 1.71 bits per heavy atom. The zero-order valence-electron chi connectivity index (χ0n) is 14.5. The lowest BCUT2D eigenvalue weighted by Crippen LogP contribution is -2.50. The van der Waals surface area contributed by atoms with Crippen LogP contribution in [-0.2, 0) is 14.3 Å². The van der Waals surface area contributed by atoms with Gasteiger partial charge < -0.3 is 19.0 Å². The number of hydrogen-bond donors (Lipinski definition) is 0. The van der Waals surface area contributed by atoms with E-state index < -0.39 is 0 Å². The van der Waals surface area contributed by atoms with Gasteiger partial charge in [0.2, 0.25) is 5.91 Å². The molecule has 1 saturated heterocycles. The number of piperazine rings is 1. The van der Waals surface area contributed by atoms with E-state index in [1.54, 1.807) is 22.8 Å². The Morgan fingerprint density at radius 1 is 1.08 bits per heavy atom. The van der Waals surface area contributed by atoms with Crippen molar-refractivity contribution in [3.63, 3.8) is 0 Å². The zero-order chi connectivity index (χ0) is 17.7. The summed E-state index contributed by atoms with van der Waals surface area (Å²) < 4.78 is 9.96.